The molecule has 0 bridgehead atoms. The zero-order chi connectivity index (χ0) is 22.5. The number of thiazole rings is 1. The average molecular weight is 474 g/mol. The van der Waals surface area contributed by atoms with Gasteiger partial charge in [-0.2, -0.15) is 4.31 Å². The summed E-state index contributed by atoms with van der Waals surface area (Å²) >= 11 is 1.51. The van der Waals surface area contributed by atoms with Gasteiger partial charge < -0.3 is 14.5 Å². The zero-order valence-corrected chi connectivity index (χ0v) is 19.4. The molecule has 0 radical (unpaired) electrons. The molecule has 168 valence electrons. The van der Waals surface area contributed by atoms with Gasteiger partial charge in [0.25, 0.3) is 0 Å². The molecule has 0 saturated carbocycles. The fourth-order valence-electron chi connectivity index (χ4n) is 4.04. The summed E-state index contributed by atoms with van der Waals surface area (Å²) in [7, 11) is -3.70. The lowest BCUT2D eigenvalue weighted by atomic mass is 10.2. The van der Waals surface area contributed by atoms with Gasteiger partial charge in [-0.25, -0.2) is 18.4 Å². The van der Waals surface area contributed by atoms with Gasteiger partial charge >= 0.3 is 0 Å². The highest BCUT2D eigenvalue weighted by Crippen LogP contribution is 2.36. The molecular weight excluding hydrogens is 450 g/mol. The van der Waals surface area contributed by atoms with E-state index in [0.29, 0.717) is 44.2 Å². The van der Waals surface area contributed by atoms with Crippen LogP contribution in [0.15, 0.2) is 41.4 Å². The number of carbonyl (C=O) groups excluding carboxylic acids is 1. The minimum Gasteiger partial charge on any atom is -0.487 e. The highest BCUT2D eigenvalue weighted by molar-refractivity contribution is 7.89. The zero-order valence-electron chi connectivity index (χ0n) is 17.8. The smallest absolute Gasteiger partial charge is 0.243 e. The second-order valence-electron chi connectivity index (χ2n) is 7.90. The Morgan fingerprint density at radius 3 is 2.69 bits per heavy atom. The Morgan fingerprint density at radius 1 is 1.19 bits per heavy atom. The van der Waals surface area contributed by atoms with Crippen molar-refractivity contribution < 1.29 is 17.9 Å². The van der Waals surface area contributed by atoms with Crippen molar-refractivity contribution in [1.82, 2.24) is 14.3 Å². The number of piperazine rings is 1. The summed E-state index contributed by atoms with van der Waals surface area (Å²) in [5.74, 6) is 0.377. The summed E-state index contributed by atoms with van der Waals surface area (Å²) < 4.78 is 34.0. The van der Waals surface area contributed by atoms with Gasteiger partial charge in [-0.1, -0.05) is 11.3 Å². The van der Waals surface area contributed by atoms with E-state index in [1.165, 1.54) is 22.6 Å². The van der Waals surface area contributed by atoms with Crippen LogP contribution in [0, 0.1) is 0 Å². The van der Waals surface area contributed by atoms with E-state index in [9.17, 15) is 13.2 Å². The Hall–Kier alpha value is -2.76. The predicted molar refractivity (Wildman–Crippen MR) is 123 cm³/mol. The quantitative estimate of drug-likeness (QED) is 0.576. The summed E-state index contributed by atoms with van der Waals surface area (Å²) in [5.41, 5.74) is 1.35. The summed E-state index contributed by atoms with van der Waals surface area (Å²) in [4.78, 5) is 25.8. The highest BCUT2D eigenvalue weighted by atomic mass is 32.2. The van der Waals surface area contributed by atoms with Gasteiger partial charge in [-0.3, -0.25) is 4.79 Å². The normalized spacial score (nSPS) is 19.6. The van der Waals surface area contributed by atoms with Crippen LogP contribution in [0.1, 0.15) is 13.8 Å². The largest absolute Gasteiger partial charge is 0.487 e. The molecule has 2 aliphatic rings. The molecule has 32 heavy (non-hydrogen) atoms. The summed E-state index contributed by atoms with van der Waals surface area (Å²) in [6, 6.07) is 8.51. The first-order valence-electron chi connectivity index (χ1n) is 10.4. The molecular formula is C21H23N5O4S2. The number of hydrogen-bond acceptors (Lipinski definition) is 8. The van der Waals surface area contributed by atoms with Gasteiger partial charge in [-0.05, 0) is 37.3 Å². The van der Waals surface area contributed by atoms with Crippen molar-refractivity contribution in [2.24, 2.45) is 0 Å². The fraction of sp³-hybridized carbons (Fsp3) is 0.381. The van der Waals surface area contributed by atoms with Crippen molar-refractivity contribution in [3.05, 3.63) is 36.5 Å². The Balaban J connectivity index is 1.35. The van der Waals surface area contributed by atoms with Crippen LogP contribution in [-0.4, -0.2) is 67.4 Å². The number of nitrogens with zero attached hydrogens (tertiary/aromatic N) is 5. The molecule has 2 aliphatic heterocycles. The van der Waals surface area contributed by atoms with Crippen LogP contribution in [0.3, 0.4) is 0 Å². The molecule has 1 amide bonds. The monoisotopic (exact) mass is 473 g/mol. The second kappa shape index (κ2) is 7.98. The number of rotatable bonds is 3. The molecule has 1 aromatic carbocycles. The number of ether oxygens (including phenoxy) is 1. The number of fused-ring (bicyclic) bond motifs is 2. The van der Waals surface area contributed by atoms with Crippen molar-refractivity contribution in [2.75, 3.05) is 42.5 Å². The van der Waals surface area contributed by atoms with Crippen molar-refractivity contribution >= 4 is 48.4 Å². The van der Waals surface area contributed by atoms with E-state index >= 15 is 0 Å². The van der Waals surface area contributed by atoms with Crippen LogP contribution in [0.2, 0.25) is 0 Å². The van der Waals surface area contributed by atoms with E-state index in [-0.39, 0.29) is 16.9 Å². The first-order valence-corrected chi connectivity index (χ1v) is 12.6. The summed E-state index contributed by atoms with van der Waals surface area (Å²) in [6.07, 6.45) is 1.59. The molecule has 4 heterocycles. The molecule has 0 unspecified atom stereocenters. The predicted octanol–water partition coefficient (Wildman–Crippen LogP) is 2.34. The van der Waals surface area contributed by atoms with Gasteiger partial charge in [0.1, 0.15) is 22.2 Å². The lowest BCUT2D eigenvalue weighted by molar-refractivity contribution is -0.117. The minimum absolute atomic E-state index is 0.144. The van der Waals surface area contributed by atoms with Crippen LogP contribution in [0.5, 0.6) is 5.75 Å². The summed E-state index contributed by atoms with van der Waals surface area (Å²) in [6.45, 7) is 5.54. The molecule has 1 fully saturated rings. The first-order chi connectivity index (χ1) is 15.3. The van der Waals surface area contributed by atoms with Crippen molar-refractivity contribution in [3.8, 4) is 5.75 Å². The third kappa shape index (κ3) is 3.70. The first kappa shape index (κ1) is 21.1. The number of carbonyl (C=O) groups is 1. The fourth-order valence-corrected chi connectivity index (χ4v) is 6.44. The molecule has 9 nitrogen and oxygen atoms in total. The van der Waals surface area contributed by atoms with Crippen LogP contribution in [0.25, 0.3) is 10.3 Å². The Morgan fingerprint density at radius 2 is 1.97 bits per heavy atom. The Kier molecular flexibility index (Phi) is 5.26. The van der Waals surface area contributed by atoms with Crippen molar-refractivity contribution in [2.45, 2.75) is 24.8 Å². The number of amides is 1. The Bertz CT molecular complexity index is 1250. The number of benzene rings is 1. The molecule has 1 saturated heterocycles. The SMILES string of the molecule is CC(=O)N1C[C@@H](C)Oc2ccc(S(=O)(=O)N3CCN(c4nc5cccnc5s4)CC3)cc21. The third-order valence-corrected chi connectivity index (χ3v) is 8.61. The molecule has 0 aliphatic carbocycles. The number of aromatic nitrogens is 2. The highest BCUT2D eigenvalue weighted by Gasteiger charge is 2.32. The second-order valence-corrected chi connectivity index (χ2v) is 10.8. The van der Waals surface area contributed by atoms with Crippen LogP contribution < -0.4 is 14.5 Å². The van der Waals surface area contributed by atoms with Gasteiger partial charge in [0.15, 0.2) is 5.13 Å². The molecule has 0 spiro atoms. The molecule has 3 aromatic rings. The lowest BCUT2D eigenvalue weighted by Crippen LogP contribution is -2.48. The maximum Gasteiger partial charge on any atom is 0.243 e. The van der Waals surface area contributed by atoms with E-state index in [1.807, 2.05) is 19.1 Å². The molecule has 0 N–H and O–H groups in total. The third-order valence-electron chi connectivity index (χ3n) is 5.67. The van der Waals surface area contributed by atoms with Gasteiger partial charge in [0.05, 0.1) is 17.1 Å². The van der Waals surface area contributed by atoms with Crippen LogP contribution in [0.4, 0.5) is 10.8 Å². The van der Waals surface area contributed by atoms with E-state index in [4.69, 9.17) is 4.74 Å². The maximum absolute atomic E-state index is 13.3. The van der Waals surface area contributed by atoms with E-state index in [2.05, 4.69) is 14.9 Å². The van der Waals surface area contributed by atoms with Crippen LogP contribution in [-0.2, 0) is 14.8 Å². The molecule has 5 rings (SSSR count). The maximum atomic E-state index is 13.3. The van der Waals surface area contributed by atoms with E-state index in [1.54, 1.807) is 29.3 Å². The van der Waals surface area contributed by atoms with E-state index < -0.39 is 10.0 Å². The number of sulfonamides is 1. The average Bonchev–Trinajstić information content (AvgIpc) is 3.22. The number of anilines is 2. The standard InChI is InChI=1S/C21H23N5O4S2/c1-14-13-26(15(2)27)18-12-16(5-6-19(18)30-14)32(28,29)25-10-8-24(9-11-25)21-23-17-4-3-7-22-20(17)31-21/h3-7,12,14H,8-11,13H2,1-2H3/t14-/m1/s1. The molecule has 1 atom stereocenters. The number of hydrogen-bond donors (Lipinski definition) is 0. The lowest BCUT2D eigenvalue weighted by Gasteiger charge is -2.35. The minimum atomic E-state index is -3.70. The van der Waals surface area contributed by atoms with Crippen molar-refractivity contribution in [3.63, 3.8) is 0 Å². The number of pyridine rings is 1. The van der Waals surface area contributed by atoms with Gasteiger partial charge in [0.2, 0.25) is 15.9 Å². The van der Waals surface area contributed by atoms with Crippen molar-refractivity contribution in [1.29, 1.82) is 0 Å². The topological polar surface area (TPSA) is 95.9 Å². The summed E-state index contributed by atoms with van der Waals surface area (Å²) in [5, 5.41) is 0.855. The molecule has 2 aromatic heterocycles. The van der Waals surface area contributed by atoms with E-state index in [0.717, 1.165) is 15.5 Å². The van der Waals surface area contributed by atoms with Gasteiger partial charge in [-0.15, -0.1) is 0 Å². The van der Waals surface area contributed by atoms with Gasteiger partial charge in [0, 0.05) is 39.3 Å². The Labute approximate surface area is 190 Å². The van der Waals surface area contributed by atoms with Crippen LogP contribution >= 0.6 is 11.3 Å². The molecule has 11 heteroatoms.